The Hall–Kier alpha value is -3.47. The smallest absolute Gasteiger partial charge is 0.223 e. The molecule has 3 N–H and O–H groups in total. The lowest BCUT2D eigenvalue weighted by atomic mass is 9.80. The van der Waals surface area contributed by atoms with Crippen LogP contribution >= 0.6 is 0 Å². The second-order valence-electron chi connectivity index (χ2n) is 9.64. The van der Waals surface area contributed by atoms with Crippen molar-refractivity contribution in [2.45, 2.75) is 44.2 Å². The summed E-state index contributed by atoms with van der Waals surface area (Å²) in [6.45, 7) is 4.24. The Balaban J connectivity index is 1.30. The molecule has 1 aromatic carbocycles. The highest BCUT2D eigenvalue weighted by Gasteiger charge is 2.37. The molecule has 2 fully saturated rings. The maximum absolute atomic E-state index is 14.4. The first-order valence-corrected chi connectivity index (χ1v) is 11.5. The first-order chi connectivity index (χ1) is 16.3. The zero-order valence-electron chi connectivity index (χ0n) is 19.1. The molecule has 0 amide bonds. The highest BCUT2D eigenvalue weighted by atomic mass is 19.1. The summed E-state index contributed by atoms with van der Waals surface area (Å²) in [4.78, 5) is 11.4. The summed E-state index contributed by atoms with van der Waals surface area (Å²) in [7, 11) is 1.41. The lowest BCUT2D eigenvalue weighted by Crippen LogP contribution is -2.41. The molecule has 3 aromatic heterocycles. The van der Waals surface area contributed by atoms with E-state index in [9.17, 15) is 9.50 Å². The van der Waals surface area contributed by atoms with Gasteiger partial charge in [0.25, 0.3) is 0 Å². The van der Waals surface area contributed by atoms with Crippen LogP contribution in [0.5, 0.6) is 5.75 Å². The van der Waals surface area contributed by atoms with Crippen LogP contribution in [0, 0.1) is 11.7 Å². The number of nitrogen functional groups attached to an aromatic ring is 1. The van der Waals surface area contributed by atoms with Crippen molar-refractivity contribution in [3.05, 3.63) is 36.2 Å². The van der Waals surface area contributed by atoms with Gasteiger partial charge in [-0.15, -0.1) is 5.10 Å². The molecule has 1 unspecified atom stereocenters. The second-order valence-corrected chi connectivity index (χ2v) is 9.64. The molecule has 2 atom stereocenters. The van der Waals surface area contributed by atoms with Crippen LogP contribution < -0.4 is 15.4 Å². The van der Waals surface area contributed by atoms with Gasteiger partial charge in [0.2, 0.25) is 5.95 Å². The molecule has 1 saturated heterocycles. The highest BCUT2D eigenvalue weighted by molar-refractivity contribution is 5.93. The van der Waals surface area contributed by atoms with E-state index in [2.05, 4.69) is 27.0 Å². The van der Waals surface area contributed by atoms with E-state index in [-0.39, 0.29) is 23.5 Å². The summed E-state index contributed by atoms with van der Waals surface area (Å²) in [6.07, 6.45) is 6.56. The zero-order valence-corrected chi connectivity index (χ0v) is 19.1. The number of ether oxygens (including phenoxy) is 1. The number of nitrogens with two attached hydrogens (primary N) is 1. The predicted octanol–water partition coefficient (Wildman–Crippen LogP) is 2.36. The number of rotatable bonds is 5. The molecule has 0 bridgehead atoms. The normalized spacial score (nSPS) is 21.9. The SMILES string of the molecule is COc1cc2nc(N)n3nc(C4CN(c5cnn(CC6(O)CCC6)c5)C[C@H]4C)nc3c2cc1F. The second kappa shape index (κ2) is 7.52. The van der Waals surface area contributed by atoms with E-state index >= 15 is 0 Å². The number of halogens is 1. The summed E-state index contributed by atoms with van der Waals surface area (Å²) in [5.74, 6) is 0.812. The Kier molecular flexibility index (Phi) is 4.67. The van der Waals surface area contributed by atoms with E-state index in [4.69, 9.17) is 15.5 Å². The number of fused-ring (bicyclic) bond motifs is 3. The van der Waals surface area contributed by atoms with Crippen LogP contribution in [-0.2, 0) is 6.54 Å². The Labute approximate surface area is 195 Å². The minimum absolute atomic E-state index is 0.0663. The molecule has 1 saturated carbocycles. The average molecular weight is 467 g/mol. The van der Waals surface area contributed by atoms with Crippen molar-refractivity contribution < 1.29 is 14.2 Å². The number of benzene rings is 1. The van der Waals surface area contributed by atoms with E-state index in [0.29, 0.717) is 28.9 Å². The summed E-state index contributed by atoms with van der Waals surface area (Å²) in [5, 5.41) is 20.1. The Morgan fingerprint density at radius 3 is 2.82 bits per heavy atom. The van der Waals surface area contributed by atoms with Crippen LogP contribution in [-0.4, -0.2) is 60.3 Å². The third-order valence-electron chi connectivity index (χ3n) is 7.26. The van der Waals surface area contributed by atoms with Crippen molar-refractivity contribution in [3.63, 3.8) is 0 Å². The fourth-order valence-electron chi connectivity index (χ4n) is 5.12. The van der Waals surface area contributed by atoms with E-state index in [1.54, 1.807) is 0 Å². The predicted molar refractivity (Wildman–Crippen MR) is 124 cm³/mol. The largest absolute Gasteiger partial charge is 0.494 e. The molecule has 2 aliphatic rings. The van der Waals surface area contributed by atoms with Gasteiger partial charge in [0, 0.05) is 36.7 Å². The van der Waals surface area contributed by atoms with Crippen molar-refractivity contribution in [3.8, 4) is 5.75 Å². The number of hydrogen-bond donors (Lipinski definition) is 2. The minimum Gasteiger partial charge on any atom is -0.494 e. The molecular weight excluding hydrogens is 439 g/mol. The Morgan fingerprint density at radius 2 is 2.09 bits per heavy atom. The summed E-state index contributed by atoms with van der Waals surface area (Å²) >= 11 is 0. The monoisotopic (exact) mass is 466 g/mol. The van der Waals surface area contributed by atoms with Crippen molar-refractivity contribution in [1.29, 1.82) is 0 Å². The molecule has 11 heteroatoms. The van der Waals surface area contributed by atoms with Crippen molar-refractivity contribution in [1.82, 2.24) is 29.4 Å². The van der Waals surface area contributed by atoms with Crippen LogP contribution in [0.2, 0.25) is 0 Å². The molecule has 0 spiro atoms. The molecular formula is C23H27FN8O2. The fourth-order valence-corrected chi connectivity index (χ4v) is 5.12. The molecule has 0 radical (unpaired) electrons. The maximum Gasteiger partial charge on any atom is 0.223 e. The number of aromatic nitrogens is 6. The van der Waals surface area contributed by atoms with E-state index in [0.717, 1.165) is 38.0 Å². The third kappa shape index (κ3) is 3.33. The number of methoxy groups -OCH3 is 1. The van der Waals surface area contributed by atoms with Crippen molar-refractivity contribution >= 4 is 28.2 Å². The highest BCUT2D eigenvalue weighted by Crippen LogP contribution is 2.36. The zero-order chi connectivity index (χ0) is 23.6. The molecule has 1 aliphatic heterocycles. The molecule has 178 valence electrons. The summed E-state index contributed by atoms with van der Waals surface area (Å²) in [6, 6.07) is 2.89. The van der Waals surface area contributed by atoms with Crippen LogP contribution in [0.1, 0.15) is 37.9 Å². The van der Waals surface area contributed by atoms with Gasteiger partial charge < -0.3 is 20.5 Å². The topological polar surface area (TPSA) is 120 Å². The summed E-state index contributed by atoms with van der Waals surface area (Å²) < 4.78 is 22.8. The van der Waals surface area contributed by atoms with E-state index in [1.165, 1.54) is 23.8 Å². The minimum atomic E-state index is -0.620. The lowest BCUT2D eigenvalue weighted by molar-refractivity contribution is -0.0498. The molecule has 10 nitrogen and oxygen atoms in total. The first kappa shape index (κ1) is 21.1. The standard InChI is InChI=1S/C23H27FN8O2/c1-13-9-30(14-8-26-31(10-14)12-23(33)4-3-5-23)11-16(13)20-28-21-15-6-17(24)19(34-2)7-18(15)27-22(25)32(21)29-20/h6-8,10,13,16,33H,3-5,9,11-12H2,1-2H3,(H2,25,27)/t13-,16?/m1/s1. The third-order valence-corrected chi connectivity index (χ3v) is 7.26. The van der Waals surface area contributed by atoms with Gasteiger partial charge in [0.15, 0.2) is 23.0 Å². The van der Waals surface area contributed by atoms with Gasteiger partial charge in [-0.1, -0.05) is 6.92 Å². The fraction of sp³-hybridized carbons (Fsp3) is 0.478. The van der Waals surface area contributed by atoms with Gasteiger partial charge in [-0.05, 0) is 31.2 Å². The number of nitrogens with zero attached hydrogens (tertiary/aromatic N) is 7. The molecule has 4 heterocycles. The molecule has 1 aliphatic carbocycles. The molecule has 34 heavy (non-hydrogen) atoms. The van der Waals surface area contributed by atoms with Crippen LogP contribution in [0.25, 0.3) is 16.6 Å². The Bertz CT molecular complexity index is 1390. The van der Waals surface area contributed by atoms with Crippen LogP contribution in [0.3, 0.4) is 0 Å². The van der Waals surface area contributed by atoms with Gasteiger partial charge in [0.05, 0.1) is 36.7 Å². The molecule has 6 rings (SSSR count). The van der Waals surface area contributed by atoms with Gasteiger partial charge >= 0.3 is 0 Å². The summed E-state index contributed by atoms with van der Waals surface area (Å²) in [5.41, 5.74) is 7.54. The van der Waals surface area contributed by atoms with Gasteiger partial charge in [-0.25, -0.2) is 14.4 Å². The van der Waals surface area contributed by atoms with Crippen LogP contribution in [0.15, 0.2) is 24.5 Å². The number of aliphatic hydroxyl groups is 1. The average Bonchev–Trinajstić information content (AvgIpc) is 3.51. The number of hydrogen-bond acceptors (Lipinski definition) is 8. The first-order valence-electron chi connectivity index (χ1n) is 11.5. The van der Waals surface area contributed by atoms with Gasteiger partial charge in [-0.3, -0.25) is 4.68 Å². The van der Waals surface area contributed by atoms with Crippen molar-refractivity contribution in [2.24, 2.45) is 5.92 Å². The molecule has 4 aromatic rings. The quantitative estimate of drug-likeness (QED) is 0.460. The van der Waals surface area contributed by atoms with Crippen molar-refractivity contribution in [2.75, 3.05) is 30.8 Å². The lowest BCUT2D eigenvalue weighted by Gasteiger charge is -2.36. The van der Waals surface area contributed by atoms with Gasteiger partial charge in [0.1, 0.15) is 0 Å². The van der Waals surface area contributed by atoms with Crippen LogP contribution in [0.4, 0.5) is 16.0 Å². The van der Waals surface area contributed by atoms with E-state index < -0.39 is 11.4 Å². The maximum atomic E-state index is 14.4. The number of anilines is 2. The van der Waals surface area contributed by atoms with Gasteiger partial charge in [-0.2, -0.15) is 9.61 Å². The van der Waals surface area contributed by atoms with E-state index in [1.807, 2.05) is 17.1 Å². The Morgan fingerprint density at radius 1 is 1.26 bits per heavy atom.